The minimum Gasteiger partial charge on any atom is -0.548 e. The number of nitrogens with zero attached hydrogens (tertiary/aromatic N) is 1. The maximum Gasteiger partial charge on any atom is 1.00 e. The molecule has 0 spiro atoms. The van der Waals surface area contributed by atoms with Gasteiger partial charge in [-0.2, -0.15) is 0 Å². The van der Waals surface area contributed by atoms with Crippen LogP contribution in [0.15, 0.2) is 36.8 Å². The molecule has 0 aliphatic heterocycles. The number of nitrogens with one attached hydrogen (secondary N) is 1. The van der Waals surface area contributed by atoms with Gasteiger partial charge in [0.05, 0.1) is 24.2 Å². The van der Waals surface area contributed by atoms with E-state index in [-0.39, 0.29) is 18.9 Å². The van der Waals surface area contributed by atoms with Crippen molar-refractivity contribution in [1.29, 1.82) is 0 Å². The molecule has 0 bridgehead atoms. The van der Waals surface area contributed by atoms with Gasteiger partial charge in [-0.3, -0.25) is 0 Å². The van der Waals surface area contributed by atoms with Gasteiger partial charge in [-0.25, -0.2) is 4.98 Å². The Bertz CT molecular complexity index is 528. The van der Waals surface area contributed by atoms with E-state index < -0.39 is 12.0 Å². The normalized spacial score (nSPS) is 11.6. The summed E-state index contributed by atoms with van der Waals surface area (Å²) < 4.78 is 0. The molecule has 94 valence electrons. The Kier molecular flexibility index (Phi) is 5.84. The maximum absolute atomic E-state index is 10.6. The molecule has 1 atom stereocenters. The number of carbonyl (C=O) groups excluding carboxylic acids is 1. The number of carboxylic acids is 1. The van der Waals surface area contributed by atoms with Crippen molar-refractivity contribution in [1.82, 2.24) is 9.97 Å². The molecule has 3 N–H and O–H groups in total. The minimum absolute atomic E-state index is 0. The van der Waals surface area contributed by atoms with Crippen LogP contribution in [-0.4, -0.2) is 22.0 Å². The van der Waals surface area contributed by atoms with Crippen LogP contribution in [0.4, 0.5) is 0 Å². The number of aryl methyl sites for hydroxylation is 1. The third-order valence-electron chi connectivity index (χ3n) is 2.83. The number of benzene rings is 1. The monoisotopic (exact) mass is 251 g/mol. The molecule has 0 amide bonds. The van der Waals surface area contributed by atoms with Crippen LogP contribution in [0.25, 0.3) is 11.3 Å². The van der Waals surface area contributed by atoms with Gasteiger partial charge >= 0.3 is 18.9 Å². The minimum atomic E-state index is -1.21. The summed E-state index contributed by atoms with van der Waals surface area (Å²) in [6.07, 6.45) is 4.29. The Balaban J connectivity index is 0.00000180. The first-order valence-corrected chi connectivity index (χ1v) is 5.71. The Morgan fingerprint density at radius 2 is 2.16 bits per heavy atom. The second-order valence-electron chi connectivity index (χ2n) is 4.09. The molecule has 2 rings (SSSR count). The van der Waals surface area contributed by atoms with Crippen molar-refractivity contribution in [3.63, 3.8) is 0 Å². The van der Waals surface area contributed by atoms with Gasteiger partial charge in [-0.1, -0.05) is 24.3 Å². The van der Waals surface area contributed by atoms with Gasteiger partial charge in [-0.05, 0) is 18.4 Å². The number of imidazole rings is 1. The number of H-pyrrole nitrogens is 1. The van der Waals surface area contributed by atoms with Gasteiger partial charge in [0.2, 0.25) is 0 Å². The average Bonchev–Trinajstić information content (AvgIpc) is 2.89. The quantitative estimate of drug-likeness (QED) is 0.557. The van der Waals surface area contributed by atoms with Crippen molar-refractivity contribution < 1.29 is 28.8 Å². The third kappa shape index (κ3) is 3.96. The molecule has 0 saturated heterocycles. The molecule has 19 heavy (non-hydrogen) atoms. The molecule has 0 fully saturated rings. The van der Waals surface area contributed by atoms with E-state index in [1.54, 1.807) is 12.5 Å². The molecule has 0 saturated carbocycles. The topological polar surface area (TPSA) is 94.8 Å². The largest absolute Gasteiger partial charge is 1.00 e. The zero-order chi connectivity index (χ0) is 13.0. The van der Waals surface area contributed by atoms with Crippen molar-refractivity contribution in [2.75, 3.05) is 0 Å². The second-order valence-corrected chi connectivity index (χ2v) is 4.09. The fraction of sp³-hybridized carbons (Fsp3) is 0.231. The third-order valence-corrected chi connectivity index (χ3v) is 2.83. The number of nitrogens with two attached hydrogens (primary N) is 1. The first-order valence-electron chi connectivity index (χ1n) is 5.71. The summed E-state index contributed by atoms with van der Waals surface area (Å²) >= 11 is 0. The zero-order valence-electron chi connectivity index (χ0n) is 10.8. The van der Waals surface area contributed by atoms with Gasteiger partial charge in [0.15, 0.2) is 0 Å². The van der Waals surface area contributed by atoms with Crippen molar-refractivity contribution in [2.24, 2.45) is 5.73 Å². The van der Waals surface area contributed by atoms with Gasteiger partial charge in [0.1, 0.15) is 0 Å². The van der Waals surface area contributed by atoms with E-state index in [1.165, 1.54) is 0 Å². The molecule has 1 aromatic heterocycles. The van der Waals surface area contributed by atoms with Crippen LogP contribution in [0.3, 0.4) is 0 Å². The smallest absolute Gasteiger partial charge is 0.548 e. The molecular weight excluding hydrogens is 237 g/mol. The summed E-state index contributed by atoms with van der Waals surface area (Å²) in [5, 5.41) is 10.6. The Morgan fingerprint density at radius 1 is 1.42 bits per heavy atom. The summed E-state index contributed by atoms with van der Waals surface area (Å²) in [7, 11) is 0. The Hall–Kier alpha value is -1.54. The SMILES string of the molecule is N[C@@H](CCc1ccccc1-c1cnc[nH]1)C(=O)[O-].[Li+]. The average molecular weight is 251 g/mol. The molecule has 1 aromatic carbocycles. The molecule has 1 heterocycles. The maximum atomic E-state index is 10.6. The summed E-state index contributed by atoms with van der Waals surface area (Å²) in [5.41, 5.74) is 8.42. The molecule has 0 aliphatic rings. The summed E-state index contributed by atoms with van der Waals surface area (Å²) in [6.45, 7) is 0. The van der Waals surface area contributed by atoms with E-state index in [9.17, 15) is 9.90 Å². The van der Waals surface area contributed by atoms with E-state index in [2.05, 4.69) is 9.97 Å². The van der Waals surface area contributed by atoms with E-state index in [4.69, 9.17) is 5.73 Å². The number of hydrogen-bond donors (Lipinski definition) is 2. The summed E-state index contributed by atoms with van der Waals surface area (Å²) in [5.74, 6) is -1.21. The first-order chi connectivity index (χ1) is 8.68. The summed E-state index contributed by atoms with van der Waals surface area (Å²) in [4.78, 5) is 17.6. The predicted octanol–water partition coefficient (Wildman–Crippen LogP) is -2.91. The predicted molar refractivity (Wildman–Crippen MR) is 65.3 cm³/mol. The van der Waals surface area contributed by atoms with Crippen LogP contribution in [0, 0.1) is 0 Å². The summed E-state index contributed by atoms with van der Waals surface area (Å²) in [6, 6.07) is 6.84. The van der Waals surface area contributed by atoms with Crippen molar-refractivity contribution in [2.45, 2.75) is 18.9 Å². The molecule has 0 radical (unpaired) electrons. The van der Waals surface area contributed by atoms with E-state index in [0.29, 0.717) is 12.8 Å². The van der Waals surface area contributed by atoms with E-state index >= 15 is 0 Å². The van der Waals surface area contributed by atoms with Crippen LogP contribution < -0.4 is 29.7 Å². The Labute approximate surface area is 123 Å². The molecular formula is C13H14LiN3O2. The fourth-order valence-electron chi connectivity index (χ4n) is 1.83. The van der Waals surface area contributed by atoms with Crippen LogP contribution in [0.1, 0.15) is 12.0 Å². The van der Waals surface area contributed by atoms with Crippen LogP contribution in [0.5, 0.6) is 0 Å². The van der Waals surface area contributed by atoms with Gasteiger partial charge in [-0.15, -0.1) is 0 Å². The zero-order valence-corrected chi connectivity index (χ0v) is 10.8. The molecule has 0 aliphatic carbocycles. The van der Waals surface area contributed by atoms with Gasteiger partial charge in [0.25, 0.3) is 0 Å². The molecule has 0 unspecified atom stereocenters. The number of aliphatic carboxylic acids is 1. The second kappa shape index (κ2) is 7.15. The first kappa shape index (κ1) is 15.5. The van der Waals surface area contributed by atoms with Gasteiger partial charge in [0, 0.05) is 11.6 Å². The molecule has 6 heteroatoms. The van der Waals surface area contributed by atoms with E-state index in [0.717, 1.165) is 16.8 Å². The van der Waals surface area contributed by atoms with Crippen molar-refractivity contribution in [3.05, 3.63) is 42.4 Å². The number of aromatic nitrogens is 2. The standard InChI is InChI=1S/C13H15N3O2.Li/c14-11(13(17)18)6-5-9-3-1-2-4-10(9)12-7-15-8-16-12;/h1-4,7-8,11H,5-6,14H2,(H,15,16)(H,17,18);/q;+1/p-1/t11-;/m0./s1. The fourth-order valence-corrected chi connectivity index (χ4v) is 1.83. The molecule has 5 nitrogen and oxygen atoms in total. The van der Waals surface area contributed by atoms with Crippen LogP contribution in [0.2, 0.25) is 0 Å². The number of aromatic amines is 1. The number of carboxylic acid groups (broad SMARTS) is 1. The number of rotatable bonds is 5. The van der Waals surface area contributed by atoms with Crippen molar-refractivity contribution >= 4 is 5.97 Å². The van der Waals surface area contributed by atoms with Crippen LogP contribution in [-0.2, 0) is 11.2 Å². The van der Waals surface area contributed by atoms with Crippen molar-refractivity contribution in [3.8, 4) is 11.3 Å². The van der Waals surface area contributed by atoms with Gasteiger partial charge < -0.3 is 20.6 Å². The van der Waals surface area contributed by atoms with E-state index in [1.807, 2.05) is 24.3 Å². The number of carbonyl (C=O) groups is 1. The molecule has 2 aromatic rings. The van der Waals surface area contributed by atoms with Crippen LogP contribution >= 0.6 is 0 Å². The number of hydrogen-bond acceptors (Lipinski definition) is 4. The Morgan fingerprint density at radius 3 is 2.79 bits per heavy atom.